The van der Waals surface area contributed by atoms with E-state index in [4.69, 9.17) is 0 Å². The summed E-state index contributed by atoms with van der Waals surface area (Å²) in [5.74, 6) is 0. The Balaban J connectivity index is 2.70. The lowest BCUT2D eigenvalue weighted by molar-refractivity contribution is -0.384. The second-order valence-corrected chi connectivity index (χ2v) is 6.17. The Morgan fingerprint density at radius 1 is 1.39 bits per heavy atom. The zero-order chi connectivity index (χ0) is 13.8. The van der Waals surface area contributed by atoms with E-state index in [9.17, 15) is 18.5 Å². The van der Waals surface area contributed by atoms with Crippen molar-refractivity contribution in [3.8, 4) is 0 Å². The molecule has 0 unspecified atom stereocenters. The molecule has 0 spiro atoms. The SMILES string of the molecule is CS(=O)(=O)NCCNc1c(Br)cccc1[N+](=O)[O-]. The number of halogens is 1. The molecule has 1 aromatic carbocycles. The summed E-state index contributed by atoms with van der Waals surface area (Å²) >= 11 is 3.20. The largest absolute Gasteiger partial charge is 0.377 e. The first-order valence-electron chi connectivity index (χ1n) is 4.92. The minimum atomic E-state index is -3.25. The third kappa shape index (κ3) is 4.59. The van der Waals surface area contributed by atoms with Crippen LogP contribution in [0.1, 0.15) is 0 Å². The first-order chi connectivity index (χ1) is 8.31. The molecule has 0 radical (unpaired) electrons. The number of hydrogen-bond acceptors (Lipinski definition) is 5. The third-order valence-corrected chi connectivity index (χ3v) is 3.37. The molecule has 0 aliphatic carbocycles. The van der Waals surface area contributed by atoms with E-state index < -0.39 is 14.9 Å². The van der Waals surface area contributed by atoms with Crippen LogP contribution in [0.2, 0.25) is 0 Å². The van der Waals surface area contributed by atoms with Gasteiger partial charge in [-0.2, -0.15) is 0 Å². The zero-order valence-corrected chi connectivity index (χ0v) is 11.9. The van der Waals surface area contributed by atoms with Crippen LogP contribution in [0.5, 0.6) is 0 Å². The maximum atomic E-state index is 10.8. The van der Waals surface area contributed by atoms with Gasteiger partial charge in [-0.15, -0.1) is 0 Å². The Hall–Kier alpha value is -1.19. The van der Waals surface area contributed by atoms with Gasteiger partial charge in [0.25, 0.3) is 5.69 Å². The molecule has 18 heavy (non-hydrogen) atoms. The van der Waals surface area contributed by atoms with E-state index in [0.717, 1.165) is 6.26 Å². The highest BCUT2D eigenvalue weighted by atomic mass is 79.9. The van der Waals surface area contributed by atoms with Crippen molar-refractivity contribution in [1.29, 1.82) is 0 Å². The maximum Gasteiger partial charge on any atom is 0.293 e. The van der Waals surface area contributed by atoms with Crippen LogP contribution in [0.15, 0.2) is 22.7 Å². The average molecular weight is 338 g/mol. The van der Waals surface area contributed by atoms with Gasteiger partial charge in [0.1, 0.15) is 5.69 Å². The molecule has 1 aromatic rings. The molecule has 0 fully saturated rings. The number of rotatable bonds is 6. The van der Waals surface area contributed by atoms with E-state index in [0.29, 0.717) is 10.2 Å². The molecule has 2 N–H and O–H groups in total. The van der Waals surface area contributed by atoms with Gasteiger partial charge in [0.15, 0.2) is 0 Å². The van der Waals surface area contributed by atoms with Gasteiger partial charge in [-0.3, -0.25) is 10.1 Å². The molecule has 9 heteroatoms. The fraction of sp³-hybridized carbons (Fsp3) is 0.333. The summed E-state index contributed by atoms with van der Waals surface area (Å²) in [5.41, 5.74) is 0.265. The zero-order valence-electron chi connectivity index (χ0n) is 9.51. The molecule has 0 saturated heterocycles. The highest BCUT2D eigenvalue weighted by molar-refractivity contribution is 9.10. The molecule has 0 atom stereocenters. The number of nitro groups is 1. The summed E-state index contributed by atoms with van der Waals surface area (Å²) in [4.78, 5) is 10.3. The highest BCUT2D eigenvalue weighted by Crippen LogP contribution is 2.31. The highest BCUT2D eigenvalue weighted by Gasteiger charge is 2.15. The van der Waals surface area contributed by atoms with Crippen molar-refractivity contribution in [1.82, 2.24) is 4.72 Å². The van der Waals surface area contributed by atoms with Crippen LogP contribution in [0.4, 0.5) is 11.4 Å². The number of para-hydroxylation sites is 1. The van der Waals surface area contributed by atoms with Crippen LogP contribution in [-0.4, -0.2) is 32.7 Å². The lowest BCUT2D eigenvalue weighted by Gasteiger charge is -2.09. The Labute approximate surface area is 113 Å². The van der Waals surface area contributed by atoms with Crippen molar-refractivity contribution < 1.29 is 13.3 Å². The van der Waals surface area contributed by atoms with E-state index >= 15 is 0 Å². The molecule has 0 heterocycles. The van der Waals surface area contributed by atoms with E-state index in [1.54, 1.807) is 12.1 Å². The molecule has 0 amide bonds. The minimum absolute atomic E-state index is 0.0660. The number of sulfonamides is 1. The molecule has 100 valence electrons. The number of nitro benzene ring substituents is 1. The van der Waals surface area contributed by atoms with Gasteiger partial charge < -0.3 is 5.32 Å². The summed E-state index contributed by atoms with van der Waals surface area (Å²) in [6.45, 7) is 0.397. The lowest BCUT2D eigenvalue weighted by atomic mass is 10.2. The van der Waals surface area contributed by atoms with Crippen molar-refractivity contribution in [3.63, 3.8) is 0 Å². The van der Waals surface area contributed by atoms with Crippen molar-refractivity contribution in [2.45, 2.75) is 0 Å². The van der Waals surface area contributed by atoms with E-state index in [1.165, 1.54) is 6.07 Å². The van der Waals surface area contributed by atoms with Crippen molar-refractivity contribution >= 4 is 37.3 Å². The number of benzene rings is 1. The average Bonchev–Trinajstić information content (AvgIpc) is 2.24. The quantitative estimate of drug-likeness (QED) is 0.463. The van der Waals surface area contributed by atoms with Gasteiger partial charge in [-0.25, -0.2) is 13.1 Å². The second kappa shape index (κ2) is 6.12. The Bertz CT molecular complexity index is 547. The van der Waals surface area contributed by atoms with Crippen LogP contribution in [-0.2, 0) is 10.0 Å². The standard InChI is InChI=1S/C9H12BrN3O4S/c1-18(16,17)12-6-5-11-9-7(10)3-2-4-8(9)13(14)15/h2-4,11-12H,5-6H2,1H3. The van der Waals surface area contributed by atoms with Gasteiger partial charge in [-0.1, -0.05) is 6.07 Å². The summed E-state index contributed by atoms with van der Waals surface area (Å²) in [6, 6.07) is 4.60. The normalized spacial score (nSPS) is 11.2. The summed E-state index contributed by atoms with van der Waals surface area (Å²) in [6.07, 6.45) is 1.05. The van der Waals surface area contributed by atoms with Crippen LogP contribution in [0, 0.1) is 10.1 Å². The number of anilines is 1. The van der Waals surface area contributed by atoms with Gasteiger partial charge in [-0.05, 0) is 22.0 Å². The topological polar surface area (TPSA) is 101 Å². The Morgan fingerprint density at radius 2 is 2.06 bits per heavy atom. The first kappa shape index (κ1) is 14.9. The molecule has 0 aliphatic heterocycles. The fourth-order valence-corrected chi connectivity index (χ4v) is 2.23. The van der Waals surface area contributed by atoms with Gasteiger partial charge >= 0.3 is 0 Å². The predicted octanol–water partition coefficient (Wildman–Crippen LogP) is 1.32. The molecular formula is C9H12BrN3O4S. The lowest BCUT2D eigenvalue weighted by Crippen LogP contribution is -2.27. The van der Waals surface area contributed by atoms with Gasteiger partial charge in [0, 0.05) is 23.6 Å². The molecule has 0 aromatic heterocycles. The third-order valence-electron chi connectivity index (χ3n) is 1.98. The van der Waals surface area contributed by atoms with Crippen molar-refractivity contribution in [3.05, 3.63) is 32.8 Å². The molecular weight excluding hydrogens is 326 g/mol. The second-order valence-electron chi connectivity index (χ2n) is 3.48. The van der Waals surface area contributed by atoms with Crippen molar-refractivity contribution in [2.75, 3.05) is 24.7 Å². The molecule has 0 bridgehead atoms. The summed E-state index contributed by atoms with van der Waals surface area (Å²) in [7, 11) is -3.25. The Morgan fingerprint density at radius 3 is 2.61 bits per heavy atom. The summed E-state index contributed by atoms with van der Waals surface area (Å²) in [5, 5.41) is 13.6. The van der Waals surface area contributed by atoms with E-state index in [-0.39, 0.29) is 18.8 Å². The smallest absolute Gasteiger partial charge is 0.293 e. The van der Waals surface area contributed by atoms with Crippen molar-refractivity contribution in [2.24, 2.45) is 0 Å². The predicted molar refractivity (Wildman–Crippen MR) is 72.1 cm³/mol. The molecule has 0 aliphatic rings. The number of nitrogens with zero attached hydrogens (tertiary/aromatic N) is 1. The summed E-state index contributed by atoms with van der Waals surface area (Å²) < 4.78 is 24.5. The number of nitrogens with one attached hydrogen (secondary N) is 2. The van der Waals surface area contributed by atoms with Crippen LogP contribution in [0.3, 0.4) is 0 Å². The minimum Gasteiger partial charge on any atom is -0.377 e. The number of hydrogen-bond donors (Lipinski definition) is 2. The first-order valence-corrected chi connectivity index (χ1v) is 7.61. The van der Waals surface area contributed by atoms with E-state index in [2.05, 4.69) is 26.0 Å². The van der Waals surface area contributed by atoms with Gasteiger partial charge in [0.05, 0.1) is 11.2 Å². The van der Waals surface area contributed by atoms with Crippen LogP contribution in [0.25, 0.3) is 0 Å². The molecule has 0 saturated carbocycles. The maximum absolute atomic E-state index is 10.8. The Kier molecular flexibility index (Phi) is 5.05. The molecule has 7 nitrogen and oxygen atoms in total. The molecule has 1 rings (SSSR count). The fourth-order valence-electron chi connectivity index (χ4n) is 1.26. The van der Waals surface area contributed by atoms with E-state index in [1.807, 2.05) is 0 Å². The monoisotopic (exact) mass is 337 g/mol. The van der Waals surface area contributed by atoms with Crippen LogP contribution < -0.4 is 10.0 Å². The van der Waals surface area contributed by atoms with Crippen LogP contribution >= 0.6 is 15.9 Å². The van der Waals surface area contributed by atoms with Gasteiger partial charge in [0.2, 0.25) is 10.0 Å².